The molecule has 0 amide bonds. The minimum Gasteiger partial charge on any atom is -0.103 e. The maximum atomic E-state index is 3.88. The van der Waals surface area contributed by atoms with Crippen molar-refractivity contribution in [3.05, 3.63) is 12.7 Å². The van der Waals surface area contributed by atoms with E-state index >= 15 is 0 Å². The van der Waals surface area contributed by atoms with Gasteiger partial charge < -0.3 is 0 Å². The molecule has 0 aliphatic rings. The van der Waals surface area contributed by atoms with Crippen LogP contribution in [-0.2, 0) is 0 Å². The van der Waals surface area contributed by atoms with Gasteiger partial charge in [-0.25, -0.2) is 0 Å². The smallest absolute Gasteiger partial charge is 0.0435 e. The van der Waals surface area contributed by atoms with E-state index in [0.29, 0.717) is 0 Å². The van der Waals surface area contributed by atoms with Crippen LogP contribution >= 0.6 is 0 Å². The fourth-order valence-corrected chi connectivity index (χ4v) is 4.43. The highest BCUT2D eigenvalue weighted by atomic mass is 28.3. The highest BCUT2D eigenvalue weighted by molar-refractivity contribution is 6.60. The first-order valence-electron chi connectivity index (χ1n) is 4.42. The lowest BCUT2D eigenvalue weighted by molar-refractivity contribution is 0.914. The number of allylic oxidation sites excluding steroid dienone is 1. The summed E-state index contributed by atoms with van der Waals surface area (Å²) in [5.74, 6) is 0. The largest absolute Gasteiger partial charge is 0.103 e. The second-order valence-corrected chi connectivity index (χ2v) is 6.89. The normalized spacial score (nSPS) is 13.6. The van der Waals surface area contributed by atoms with E-state index in [4.69, 9.17) is 0 Å². The molecule has 0 radical (unpaired) electrons. The van der Waals surface area contributed by atoms with Crippen molar-refractivity contribution in [2.45, 2.75) is 44.8 Å². The molecule has 0 nitrogen and oxygen atoms in total. The minimum atomic E-state index is -0.425. The van der Waals surface area contributed by atoms with Crippen LogP contribution in [0.5, 0.6) is 0 Å². The topological polar surface area (TPSA) is 0 Å². The van der Waals surface area contributed by atoms with E-state index in [-0.39, 0.29) is 0 Å². The van der Waals surface area contributed by atoms with Gasteiger partial charge in [-0.2, -0.15) is 0 Å². The third kappa shape index (κ3) is 2.69. The molecule has 0 aliphatic carbocycles. The first-order valence-corrected chi connectivity index (χ1v) is 6.72. The average Bonchev–Trinajstić information content (AvgIpc) is 2.00. The molecule has 0 spiro atoms. The van der Waals surface area contributed by atoms with Crippen LogP contribution in [-0.4, -0.2) is 8.80 Å². The van der Waals surface area contributed by atoms with Crippen molar-refractivity contribution in [2.75, 3.05) is 0 Å². The van der Waals surface area contributed by atoms with Crippen molar-refractivity contribution in [3.63, 3.8) is 0 Å². The Kier molecular flexibility index (Phi) is 5.70. The summed E-state index contributed by atoms with van der Waals surface area (Å²) in [6, 6.07) is 2.86. The summed E-state index contributed by atoms with van der Waals surface area (Å²) in [6.07, 6.45) is 3.48. The Bertz CT molecular complexity index is 84.7. The standard InChI is InChI=1S/C9H20Si/c1-5-9(6-2)10(7-3)8-4/h5,9-10H,1,6-8H2,2-4H3. The summed E-state index contributed by atoms with van der Waals surface area (Å²) in [6.45, 7) is 10.8. The molecule has 0 saturated carbocycles. The molecule has 0 rings (SSSR count). The van der Waals surface area contributed by atoms with Gasteiger partial charge in [0, 0.05) is 8.80 Å². The van der Waals surface area contributed by atoms with Gasteiger partial charge in [-0.15, -0.1) is 6.58 Å². The summed E-state index contributed by atoms with van der Waals surface area (Å²) in [7, 11) is -0.425. The molecule has 60 valence electrons. The third-order valence-corrected chi connectivity index (χ3v) is 6.48. The average molecular weight is 156 g/mol. The Morgan fingerprint density at radius 3 is 1.90 bits per heavy atom. The fraction of sp³-hybridized carbons (Fsp3) is 0.778. The van der Waals surface area contributed by atoms with E-state index < -0.39 is 8.80 Å². The summed E-state index contributed by atoms with van der Waals surface area (Å²) in [5, 5.41) is 0. The molecule has 0 fully saturated rings. The molecule has 0 aromatic rings. The van der Waals surface area contributed by atoms with Crippen molar-refractivity contribution in [1.82, 2.24) is 0 Å². The zero-order chi connectivity index (χ0) is 7.98. The molecular weight excluding hydrogens is 136 g/mol. The molecular formula is C9H20Si. The van der Waals surface area contributed by atoms with Crippen molar-refractivity contribution in [2.24, 2.45) is 0 Å². The Hall–Kier alpha value is -0.0431. The lowest BCUT2D eigenvalue weighted by Gasteiger charge is -2.18. The van der Waals surface area contributed by atoms with Gasteiger partial charge in [0.05, 0.1) is 0 Å². The molecule has 1 heteroatoms. The second-order valence-electron chi connectivity index (χ2n) is 2.88. The van der Waals surface area contributed by atoms with Gasteiger partial charge in [0.2, 0.25) is 0 Å². The van der Waals surface area contributed by atoms with Crippen LogP contribution in [0.2, 0.25) is 17.6 Å². The van der Waals surface area contributed by atoms with Crippen LogP contribution in [0.25, 0.3) is 0 Å². The van der Waals surface area contributed by atoms with Gasteiger partial charge in [0.1, 0.15) is 0 Å². The first-order chi connectivity index (χ1) is 4.79. The molecule has 0 aromatic heterocycles. The minimum absolute atomic E-state index is 0.425. The summed E-state index contributed by atoms with van der Waals surface area (Å²) < 4.78 is 0. The predicted octanol–water partition coefficient (Wildman–Crippen LogP) is 3.22. The molecule has 0 saturated heterocycles. The Labute approximate surface area is 66.9 Å². The van der Waals surface area contributed by atoms with E-state index in [9.17, 15) is 0 Å². The highest BCUT2D eigenvalue weighted by Gasteiger charge is 2.13. The van der Waals surface area contributed by atoms with Gasteiger partial charge in [0.15, 0.2) is 0 Å². The van der Waals surface area contributed by atoms with Crippen LogP contribution in [0.15, 0.2) is 12.7 Å². The Balaban J connectivity index is 3.81. The van der Waals surface area contributed by atoms with E-state index in [0.717, 1.165) is 5.54 Å². The zero-order valence-corrected chi connectivity index (χ0v) is 8.72. The monoisotopic (exact) mass is 156 g/mol. The first kappa shape index (κ1) is 9.96. The number of rotatable bonds is 5. The molecule has 0 aliphatic heterocycles. The SMILES string of the molecule is C=CC(CC)[SiH](CC)CC. The molecule has 10 heavy (non-hydrogen) atoms. The maximum Gasteiger partial charge on any atom is 0.0435 e. The quantitative estimate of drug-likeness (QED) is 0.423. The third-order valence-electron chi connectivity index (χ3n) is 2.43. The lowest BCUT2D eigenvalue weighted by atomic mass is 10.3. The van der Waals surface area contributed by atoms with E-state index in [1.807, 2.05) is 0 Å². The van der Waals surface area contributed by atoms with Gasteiger partial charge in [-0.05, 0) is 5.54 Å². The van der Waals surface area contributed by atoms with Crippen molar-refractivity contribution < 1.29 is 0 Å². The molecule has 0 N–H and O–H groups in total. The van der Waals surface area contributed by atoms with Gasteiger partial charge in [0.25, 0.3) is 0 Å². The predicted molar refractivity (Wildman–Crippen MR) is 52.3 cm³/mol. The van der Waals surface area contributed by atoms with Crippen LogP contribution in [0.3, 0.4) is 0 Å². The molecule has 1 atom stereocenters. The summed E-state index contributed by atoms with van der Waals surface area (Å²) >= 11 is 0. The van der Waals surface area contributed by atoms with E-state index in [1.165, 1.54) is 18.5 Å². The number of hydrogen-bond donors (Lipinski definition) is 0. The molecule has 1 unspecified atom stereocenters. The van der Waals surface area contributed by atoms with Gasteiger partial charge >= 0.3 is 0 Å². The summed E-state index contributed by atoms with van der Waals surface area (Å²) in [4.78, 5) is 0. The lowest BCUT2D eigenvalue weighted by Crippen LogP contribution is -2.15. The van der Waals surface area contributed by atoms with Crippen molar-refractivity contribution in [1.29, 1.82) is 0 Å². The van der Waals surface area contributed by atoms with E-state index in [1.54, 1.807) is 0 Å². The molecule has 0 aromatic carbocycles. The van der Waals surface area contributed by atoms with Crippen LogP contribution in [0.4, 0.5) is 0 Å². The van der Waals surface area contributed by atoms with Gasteiger partial charge in [-0.3, -0.25) is 0 Å². The highest BCUT2D eigenvalue weighted by Crippen LogP contribution is 2.21. The summed E-state index contributed by atoms with van der Waals surface area (Å²) in [5.41, 5.74) is 0.884. The Morgan fingerprint density at radius 2 is 1.80 bits per heavy atom. The van der Waals surface area contributed by atoms with Crippen LogP contribution < -0.4 is 0 Å². The fourth-order valence-electron chi connectivity index (χ4n) is 1.59. The zero-order valence-electron chi connectivity index (χ0n) is 7.56. The second kappa shape index (κ2) is 5.72. The molecule has 0 bridgehead atoms. The van der Waals surface area contributed by atoms with Crippen LogP contribution in [0.1, 0.15) is 27.2 Å². The Morgan fingerprint density at radius 1 is 1.30 bits per heavy atom. The van der Waals surface area contributed by atoms with E-state index in [2.05, 4.69) is 33.4 Å². The van der Waals surface area contributed by atoms with Crippen molar-refractivity contribution >= 4 is 8.80 Å². The maximum absolute atomic E-state index is 3.88. The van der Waals surface area contributed by atoms with Crippen LogP contribution in [0, 0.1) is 0 Å². The molecule has 0 heterocycles. The van der Waals surface area contributed by atoms with Gasteiger partial charge in [-0.1, -0.05) is 45.4 Å². The van der Waals surface area contributed by atoms with Crippen molar-refractivity contribution in [3.8, 4) is 0 Å². The number of hydrogen-bond acceptors (Lipinski definition) is 0.